The molecule has 10 heteroatoms. The molecule has 1 fully saturated rings. The zero-order valence-corrected chi connectivity index (χ0v) is 19.0. The van der Waals surface area contributed by atoms with Crippen LogP contribution in [0.25, 0.3) is 0 Å². The van der Waals surface area contributed by atoms with Crippen molar-refractivity contribution in [3.8, 4) is 11.8 Å². The lowest BCUT2D eigenvalue weighted by atomic mass is 10.1. The number of aromatic hydroxyl groups is 1. The summed E-state index contributed by atoms with van der Waals surface area (Å²) in [7, 11) is 3.58. The fourth-order valence-corrected chi connectivity index (χ4v) is 3.17. The highest BCUT2D eigenvalue weighted by atomic mass is 16.5. The molecule has 1 aromatic carbocycles. The lowest BCUT2D eigenvalue weighted by Gasteiger charge is -2.26. The van der Waals surface area contributed by atoms with Crippen LogP contribution >= 0.6 is 0 Å². The van der Waals surface area contributed by atoms with Gasteiger partial charge in [-0.1, -0.05) is 17.7 Å². The number of likely N-dealkylation sites (N-methyl/N-ethyl adjacent to an activating group) is 1. The Morgan fingerprint density at radius 3 is 2.78 bits per heavy atom. The molecule has 3 rings (SSSR count). The zero-order valence-electron chi connectivity index (χ0n) is 19.0. The second-order valence-electron chi connectivity index (χ2n) is 7.62. The lowest BCUT2D eigenvalue weighted by Crippen LogP contribution is -2.38. The predicted molar refractivity (Wildman–Crippen MR) is 121 cm³/mol. The third-order valence-corrected chi connectivity index (χ3v) is 5.09. The maximum absolute atomic E-state index is 10.0. The van der Waals surface area contributed by atoms with Gasteiger partial charge >= 0.3 is 6.01 Å². The monoisotopic (exact) mass is 444 g/mol. The summed E-state index contributed by atoms with van der Waals surface area (Å²) >= 11 is 0. The van der Waals surface area contributed by atoms with E-state index in [0.29, 0.717) is 37.0 Å². The third kappa shape index (κ3) is 7.40. The molecule has 1 N–H and O–H groups in total. The zero-order chi connectivity index (χ0) is 22.8. The molecule has 0 saturated carbocycles. The Labute approximate surface area is 188 Å². The van der Waals surface area contributed by atoms with E-state index in [-0.39, 0.29) is 18.3 Å². The van der Waals surface area contributed by atoms with E-state index in [1.54, 1.807) is 19.2 Å². The molecule has 0 aliphatic carbocycles. The molecule has 0 unspecified atom stereocenters. The van der Waals surface area contributed by atoms with Crippen molar-refractivity contribution in [1.29, 1.82) is 0 Å². The molecule has 0 spiro atoms. The molecule has 1 aliphatic heterocycles. The highest BCUT2D eigenvalue weighted by Gasteiger charge is 2.13. The number of hydrogen-bond donors (Lipinski definition) is 1. The first-order chi connectivity index (χ1) is 15.5. The Balaban J connectivity index is 1.69. The topological polar surface area (TPSA) is 105 Å². The summed E-state index contributed by atoms with van der Waals surface area (Å²) in [6.45, 7) is 7.98. The quantitative estimate of drug-likeness (QED) is 0.527. The van der Waals surface area contributed by atoms with Crippen molar-refractivity contribution in [3.05, 3.63) is 35.4 Å². The van der Waals surface area contributed by atoms with Crippen molar-refractivity contribution in [3.63, 3.8) is 0 Å². The van der Waals surface area contributed by atoms with E-state index >= 15 is 0 Å². The maximum Gasteiger partial charge on any atom is 0.320 e. The predicted octanol–water partition coefficient (Wildman–Crippen LogP) is 2.57. The number of anilines is 1. The van der Waals surface area contributed by atoms with Crippen molar-refractivity contribution in [2.75, 3.05) is 71.7 Å². The van der Waals surface area contributed by atoms with Crippen LogP contribution in [0.3, 0.4) is 0 Å². The minimum Gasteiger partial charge on any atom is -0.508 e. The van der Waals surface area contributed by atoms with Crippen LogP contribution in [0.15, 0.2) is 34.5 Å². The van der Waals surface area contributed by atoms with Crippen molar-refractivity contribution in [1.82, 2.24) is 14.9 Å². The number of methoxy groups -OCH3 is 1. The molecule has 1 aromatic heterocycles. The highest BCUT2D eigenvalue weighted by molar-refractivity contribution is 5.46. The van der Waals surface area contributed by atoms with Crippen LogP contribution in [0, 0.1) is 6.92 Å². The van der Waals surface area contributed by atoms with Crippen molar-refractivity contribution in [2.45, 2.75) is 13.5 Å². The van der Waals surface area contributed by atoms with Gasteiger partial charge in [0, 0.05) is 52.0 Å². The fraction of sp³-hybridized carbons (Fsp3) is 0.545. The molecule has 2 aromatic rings. The summed E-state index contributed by atoms with van der Waals surface area (Å²) in [5.41, 5.74) is 1.76. The second-order valence-corrected chi connectivity index (χ2v) is 7.62. The lowest BCUT2D eigenvalue weighted by molar-refractivity contribution is 0.0317. The van der Waals surface area contributed by atoms with Gasteiger partial charge in [-0.15, -0.1) is 5.11 Å². The smallest absolute Gasteiger partial charge is 0.320 e. The second kappa shape index (κ2) is 12.3. The van der Waals surface area contributed by atoms with Crippen LogP contribution < -0.4 is 9.64 Å². The molecule has 174 valence electrons. The number of benzene rings is 1. The number of rotatable bonds is 11. The van der Waals surface area contributed by atoms with Crippen LogP contribution in [0.5, 0.6) is 11.8 Å². The summed E-state index contributed by atoms with van der Waals surface area (Å²) < 4.78 is 16.4. The van der Waals surface area contributed by atoms with Gasteiger partial charge in [-0.25, -0.2) is 0 Å². The van der Waals surface area contributed by atoms with E-state index in [1.807, 2.05) is 31.0 Å². The van der Waals surface area contributed by atoms with Crippen LogP contribution in [0.4, 0.5) is 11.6 Å². The van der Waals surface area contributed by atoms with Crippen LogP contribution in [-0.4, -0.2) is 86.7 Å². The Morgan fingerprint density at radius 1 is 1.19 bits per heavy atom. The average Bonchev–Trinajstić information content (AvgIpc) is 2.80. The van der Waals surface area contributed by atoms with Crippen molar-refractivity contribution < 1.29 is 19.3 Å². The van der Waals surface area contributed by atoms with E-state index in [0.717, 1.165) is 38.4 Å². The minimum absolute atomic E-state index is 0.198. The number of hydrogen-bond acceptors (Lipinski definition) is 10. The van der Waals surface area contributed by atoms with E-state index < -0.39 is 0 Å². The molecule has 0 radical (unpaired) electrons. The third-order valence-electron chi connectivity index (χ3n) is 5.09. The SMILES string of the molecule is COCCN(C)c1cc(N=NCc2cc(C)ccc2O)nc(OCCN2CCOCC2)n1. The average molecular weight is 445 g/mol. The largest absolute Gasteiger partial charge is 0.508 e. The maximum atomic E-state index is 10.0. The summed E-state index contributed by atoms with van der Waals surface area (Å²) in [6.07, 6.45) is 0. The normalized spacial score (nSPS) is 14.7. The van der Waals surface area contributed by atoms with Gasteiger partial charge in [-0.2, -0.15) is 15.1 Å². The molecule has 2 heterocycles. The van der Waals surface area contributed by atoms with Gasteiger partial charge in [0.05, 0.1) is 26.4 Å². The van der Waals surface area contributed by atoms with Gasteiger partial charge in [0.25, 0.3) is 0 Å². The number of phenols is 1. The molecule has 0 atom stereocenters. The van der Waals surface area contributed by atoms with Crippen molar-refractivity contribution >= 4 is 11.6 Å². The first kappa shape index (κ1) is 23.8. The molecular formula is C22H32N6O4. The highest BCUT2D eigenvalue weighted by Crippen LogP contribution is 2.23. The summed E-state index contributed by atoms with van der Waals surface area (Å²) in [5, 5.41) is 18.5. The molecule has 32 heavy (non-hydrogen) atoms. The number of aryl methyl sites for hydroxylation is 1. The molecule has 0 amide bonds. The molecular weight excluding hydrogens is 412 g/mol. The minimum atomic E-state index is 0.198. The van der Waals surface area contributed by atoms with Gasteiger partial charge in [-0.3, -0.25) is 4.90 Å². The Kier molecular flexibility index (Phi) is 9.14. The fourth-order valence-electron chi connectivity index (χ4n) is 3.17. The molecule has 1 saturated heterocycles. The number of ether oxygens (including phenoxy) is 3. The number of morpholine rings is 1. The Bertz CT molecular complexity index is 889. The van der Waals surface area contributed by atoms with Gasteiger partial charge in [0.15, 0.2) is 5.82 Å². The number of nitrogens with zero attached hydrogens (tertiary/aromatic N) is 6. The van der Waals surface area contributed by atoms with E-state index in [1.165, 1.54) is 0 Å². The van der Waals surface area contributed by atoms with Crippen LogP contribution in [0.2, 0.25) is 0 Å². The molecule has 1 aliphatic rings. The van der Waals surface area contributed by atoms with Crippen molar-refractivity contribution in [2.24, 2.45) is 10.2 Å². The standard InChI is InChI=1S/C22H32N6O4/c1-17-4-5-19(29)18(14-17)16-23-26-20-15-21(27(2)6-10-30-3)25-22(24-20)32-13-9-28-7-11-31-12-8-28/h4-5,14-15,29H,6-13,16H2,1-3H3. The van der Waals surface area contributed by atoms with E-state index in [9.17, 15) is 5.11 Å². The first-order valence-electron chi connectivity index (χ1n) is 10.7. The van der Waals surface area contributed by atoms with Gasteiger partial charge in [0.1, 0.15) is 18.2 Å². The summed E-state index contributed by atoms with van der Waals surface area (Å²) in [6, 6.07) is 7.41. The Morgan fingerprint density at radius 2 is 2.00 bits per heavy atom. The van der Waals surface area contributed by atoms with Gasteiger partial charge in [0.2, 0.25) is 0 Å². The van der Waals surface area contributed by atoms with E-state index in [4.69, 9.17) is 14.2 Å². The first-order valence-corrected chi connectivity index (χ1v) is 10.7. The molecule has 0 bridgehead atoms. The van der Waals surface area contributed by atoms with Crippen LogP contribution in [-0.2, 0) is 16.0 Å². The van der Waals surface area contributed by atoms with E-state index in [2.05, 4.69) is 25.1 Å². The number of phenolic OH excluding ortho intramolecular Hbond substituents is 1. The van der Waals surface area contributed by atoms with Crippen LogP contribution in [0.1, 0.15) is 11.1 Å². The number of aromatic nitrogens is 2. The summed E-state index contributed by atoms with van der Waals surface area (Å²) in [4.78, 5) is 13.1. The Hall–Kier alpha value is -2.82. The van der Waals surface area contributed by atoms with Gasteiger partial charge in [-0.05, 0) is 13.0 Å². The summed E-state index contributed by atoms with van der Waals surface area (Å²) in [5.74, 6) is 1.27. The number of azo groups is 1. The van der Waals surface area contributed by atoms with Gasteiger partial charge < -0.3 is 24.2 Å². The molecule has 10 nitrogen and oxygen atoms in total.